The maximum Gasteiger partial charge on any atom is 0.267 e. The van der Waals surface area contributed by atoms with Crippen LogP contribution < -0.4 is 9.47 Å². The number of benzene rings is 1. The third kappa shape index (κ3) is 3.50. The van der Waals surface area contributed by atoms with Crippen molar-refractivity contribution in [2.45, 2.75) is 38.2 Å². The molecule has 0 saturated carbocycles. The summed E-state index contributed by atoms with van der Waals surface area (Å²) in [6.07, 6.45) is 4.34. The van der Waals surface area contributed by atoms with Gasteiger partial charge in [-0.25, -0.2) is 0 Å². The van der Waals surface area contributed by atoms with Gasteiger partial charge in [-0.1, -0.05) is 12.1 Å². The number of carbonyl (C=O) groups excluding carboxylic acids is 2. The molecule has 2 saturated heterocycles. The fourth-order valence-electron chi connectivity index (χ4n) is 4.06. The van der Waals surface area contributed by atoms with Crippen LogP contribution in [-0.2, 0) is 9.59 Å². The molecule has 2 amide bonds. The zero-order valence-electron chi connectivity index (χ0n) is 15.1. The number of rotatable bonds is 2. The van der Waals surface area contributed by atoms with Gasteiger partial charge in [0.05, 0.1) is 0 Å². The van der Waals surface area contributed by atoms with E-state index >= 15 is 0 Å². The highest BCUT2D eigenvalue weighted by Gasteiger charge is 2.35. The van der Waals surface area contributed by atoms with E-state index in [2.05, 4.69) is 0 Å². The van der Waals surface area contributed by atoms with Crippen LogP contribution in [0.4, 0.5) is 0 Å². The first-order valence-electron chi connectivity index (χ1n) is 9.68. The molecule has 6 nitrogen and oxygen atoms in total. The van der Waals surface area contributed by atoms with Crippen molar-refractivity contribution in [1.29, 1.82) is 0 Å². The Bertz CT molecular complexity index is 664. The quantitative estimate of drug-likeness (QED) is 0.812. The van der Waals surface area contributed by atoms with Crippen molar-refractivity contribution in [2.75, 3.05) is 32.8 Å². The smallest absolute Gasteiger partial charge is 0.267 e. The highest BCUT2D eigenvalue weighted by atomic mass is 16.6. The van der Waals surface area contributed by atoms with E-state index in [0.29, 0.717) is 24.6 Å². The first-order chi connectivity index (χ1) is 12.7. The number of amides is 2. The van der Waals surface area contributed by atoms with E-state index in [1.54, 1.807) is 0 Å². The van der Waals surface area contributed by atoms with Crippen molar-refractivity contribution in [3.05, 3.63) is 24.3 Å². The first-order valence-corrected chi connectivity index (χ1v) is 9.68. The molecule has 140 valence electrons. The number of fused-ring (bicyclic) bond motifs is 1. The Kier molecular flexibility index (Phi) is 5.00. The van der Waals surface area contributed by atoms with Gasteiger partial charge in [0, 0.05) is 32.1 Å². The van der Waals surface area contributed by atoms with Gasteiger partial charge in [-0.2, -0.15) is 0 Å². The molecule has 3 heterocycles. The molecule has 3 aliphatic rings. The normalized spacial score (nSPS) is 23.6. The molecule has 3 aliphatic heterocycles. The SMILES string of the molecule is O=C(C1CCN(C(=O)C2COc3ccccc3O2)CC1)N1CCCCC1. The molecular weight excluding hydrogens is 332 g/mol. The molecule has 0 radical (unpaired) electrons. The average molecular weight is 358 g/mol. The number of hydrogen-bond donors (Lipinski definition) is 0. The summed E-state index contributed by atoms with van der Waals surface area (Å²) < 4.78 is 11.5. The van der Waals surface area contributed by atoms with Gasteiger partial charge in [-0.3, -0.25) is 9.59 Å². The van der Waals surface area contributed by atoms with Gasteiger partial charge in [0.25, 0.3) is 5.91 Å². The number of piperidine rings is 2. The second-order valence-corrected chi connectivity index (χ2v) is 7.35. The van der Waals surface area contributed by atoms with Gasteiger partial charge in [-0.15, -0.1) is 0 Å². The minimum absolute atomic E-state index is 0.0385. The van der Waals surface area contributed by atoms with Crippen molar-refractivity contribution in [1.82, 2.24) is 9.80 Å². The highest BCUT2D eigenvalue weighted by Crippen LogP contribution is 2.32. The maximum atomic E-state index is 12.8. The number of ether oxygens (including phenoxy) is 2. The Morgan fingerprint density at radius 1 is 0.846 bits per heavy atom. The number of likely N-dealkylation sites (tertiary alicyclic amines) is 2. The van der Waals surface area contributed by atoms with E-state index in [0.717, 1.165) is 38.8 Å². The number of nitrogens with zero attached hydrogens (tertiary/aromatic N) is 2. The van der Waals surface area contributed by atoms with Crippen molar-refractivity contribution in [3.63, 3.8) is 0 Å². The lowest BCUT2D eigenvalue weighted by Crippen LogP contribution is -2.51. The molecule has 1 unspecified atom stereocenters. The van der Waals surface area contributed by atoms with Gasteiger partial charge in [0.2, 0.25) is 12.0 Å². The molecule has 0 aliphatic carbocycles. The largest absolute Gasteiger partial charge is 0.485 e. The lowest BCUT2D eigenvalue weighted by molar-refractivity contribution is -0.146. The summed E-state index contributed by atoms with van der Waals surface area (Å²) in [5.74, 6) is 1.60. The minimum Gasteiger partial charge on any atom is -0.485 e. The highest BCUT2D eigenvalue weighted by molar-refractivity contribution is 5.83. The summed E-state index contributed by atoms with van der Waals surface area (Å²) in [7, 11) is 0. The molecule has 2 fully saturated rings. The van der Waals surface area contributed by atoms with Crippen LogP contribution in [0.1, 0.15) is 32.1 Å². The molecule has 0 aromatic heterocycles. The Morgan fingerprint density at radius 3 is 2.23 bits per heavy atom. The standard InChI is InChI=1S/C20H26N2O4/c23-19(21-10-4-1-5-11-21)15-8-12-22(13-9-15)20(24)18-14-25-16-6-2-3-7-17(16)26-18/h2-3,6-7,15,18H,1,4-5,8-14H2. The summed E-state index contributed by atoms with van der Waals surface area (Å²) in [6.45, 7) is 3.26. The fourth-order valence-corrected chi connectivity index (χ4v) is 4.06. The third-order valence-electron chi connectivity index (χ3n) is 5.61. The van der Waals surface area contributed by atoms with Crippen molar-refractivity contribution < 1.29 is 19.1 Å². The van der Waals surface area contributed by atoms with E-state index in [-0.39, 0.29) is 24.3 Å². The van der Waals surface area contributed by atoms with Gasteiger partial charge in [-0.05, 0) is 44.2 Å². The van der Waals surface area contributed by atoms with Crippen LogP contribution in [0.2, 0.25) is 0 Å². The summed E-state index contributed by atoms with van der Waals surface area (Å²) in [5.41, 5.74) is 0. The molecule has 6 heteroatoms. The zero-order chi connectivity index (χ0) is 17.9. The molecule has 0 spiro atoms. The molecule has 0 N–H and O–H groups in total. The first kappa shape index (κ1) is 17.2. The van der Waals surface area contributed by atoms with E-state index in [9.17, 15) is 9.59 Å². The van der Waals surface area contributed by atoms with Crippen LogP contribution in [0.3, 0.4) is 0 Å². The van der Waals surface area contributed by atoms with Gasteiger partial charge in [0.1, 0.15) is 6.61 Å². The summed E-state index contributed by atoms with van der Waals surface area (Å²) in [5, 5.41) is 0. The zero-order valence-corrected chi connectivity index (χ0v) is 15.1. The van der Waals surface area contributed by atoms with E-state index < -0.39 is 6.10 Å². The Balaban J connectivity index is 1.30. The van der Waals surface area contributed by atoms with Crippen LogP contribution in [0.25, 0.3) is 0 Å². The van der Waals surface area contributed by atoms with Crippen molar-refractivity contribution >= 4 is 11.8 Å². The van der Waals surface area contributed by atoms with Crippen LogP contribution in [0.5, 0.6) is 11.5 Å². The fraction of sp³-hybridized carbons (Fsp3) is 0.600. The Labute approximate surface area is 154 Å². The predicted octanol–water partition coefficient (Wildman–Crippen LogP) is 2.08. The van der Waals surface area contributed by atoms with Crippen LogP contribution in [0, 0.1) is 5.92 Å². The summed E-state index contributed by atoms with van der Waals surface area (Å²) in [6, 6.07) is 7.41. The summed E-state index contributed by atoms with van der Waals surface area (Å²) in [4.78, 5) is 29.2. The molecule has 4 rings (SSSR count). The molecular formula is C20H26N2O4. The number of hydrogen-bond acceptors (Lipinski definition) is 4. The van der Waals surface area contributed by atoms with Crippen LogP contribution >= 0.6 is 0 Å². The lowest BCUT2D eigenvalue weighted by atomic mass is 9.94. The molecule has 1 atom stereocenters. The third-order valence-corrected chi connectivity index (χ3v) is 5.61. The Morgan fingerprint density at radius 2 is 1.50 bits per heavy atom. The number of carbonyl (C=O) groups is 2. The van der Waals surface area contributed by atoms with E-state index in [1.807, 2.05) is 34.1 Å². The van der Waals surface area contributed by atoms with Crippen LogP contribution in [-0.4, -0.2) is 60.5 Å². The molecule has 1 aromatic rings. The topological polar surface area (TPSA) is 59.1 Å². The van der Waals surface area contributed by atoms with Gasteiger partial charge in [0.15, 0.2) is 11.5 Å². The predicted molar refractivity (Wildman–Crippen MR) is 96.1 cm³/mol. The monoisotopic (exact) mass is 358 g/mol. The van der Waals surface area contributed by atoms with E-state index in [1.165, 1.54) is 6.42 Å². The second kappa shape index (κ2) is 7.56. The second-order valence-electron chi connectivity index (χ2n) is 7.35. The Hall–Kier alpha value is -2.24. The van der Waals surface area contributed by atoms with Crippen molar-refractivity contribution in [2.24, 2.45) is 5.92 Å². The minimum atomic E-state index is -0.598. The van der Waals surface area contributed by atoms with Crippen molar-refractivity contribution in [3.8, 4) is 11.5 Å². The average Bonchev–Trinajstić information content (AvgIpc) is 2.73. The van der Waals surface area contributed by atoms with Crippen LogP contribution in [0.15, 0.2) is 24.3 Å². The van der Waals surface area contributed by atoms with Gasteiger partial charge >= 0.3 is 0 Å². The molecule has 26 heavy (non-hydrogen) atoms. The molecule has 1 aromatic carbocycles. The lowest BCUT2D eigenvalue weighted by Gasteiger charge is -2.37. The van der Waals surface area contributed by atoms with Gasteiger partial charge < -0.3 is 19.3 Å². The summed E-state index contributed by atoms with van der Waals surface area (Å²) >= 11 is 0. The van der Waals surface area contributed by atoms with E-state index in [4.69, 9.17) is 9.47 Å². The molecule has 0 bridgehead atoms. The number of para-hydroxylation sites is 2. The maximum absolute atomic E-state index is 12.8.